The summed E-state index contributed by atoms with van der Waals surface area (Å²) in [7, 11) is 0. The van der Waals surface area contributed by atoms with E-state index in [2.05, 4.69) is 5.32 Å². The minimum Gasteiger partial charge on any atom is -0.395 e. The summed E-state index contributed by atoms with van der Waals surface area (Å²) in [6.45, 7) is -0.0472. The molecule has 1 aliphatic rings. The van der Waals surface area contributed by atoms with Crippen molar-refractivity contribution in [2.45, 2.75) is 38.1 Å². The first-order chi connectivity index (χ1) is 11.0. The van der Waals surface area contributed by atoms with Crippen molar-refractivity contribution in [1.82, 2.24) is 4.90 Å². The summed E-state index contributed by atoms with van der Waals surface area (Å²) in [6.07, 6.45) is 4.80. The van der Waals surface area contributed by atoms with E-state index >= 15 is 0 Å². The van der Waals surface area contributed by atoms with Gasteiger partial charge in [0.25, 0.3) is 5.69 Å². The van der Waals surface area contributed by atoms with Gasteiger partial charge in [0.2, 0.25) is 0 Å². The molecule has 0 heterocycles. The van der Waals surface area contributed by atoms with Crippen LogP contribution in [-0.2, 0) is 0 Å². The van der Waals surface area contributed by atoms with E-state index in [4.69, 9.17) is 5.11 Å². The predicted molar refractivity (Wildman–Crippen MR) is 82.7 cm³/mol. The van der Waals surface area contributed by atoms with Crippen LogP contribution in [0.5, 0.6) is 0 Å². The number of benzene rings is 1. The predicted octanol–water partition coefficient (Wildman–Crippen LogP) is 2.89. The molecule has 0 bridgehead atoms. The fourth-order valence-corrected chi connectivity index (χ4v) is 2.86. The van der Waals surface area contributed by atoms with E-state index in [0.717, 1.165) is 50.3 Å². The van der Waals surface area contributed by atoms with E-state index in [0.29, 0.717) is 0 Å². The van der Waals surface area contributed by atoms with E-state index in [9.17, 15) is 19.3 Å². The van der Waals surface area contributed by atoms with E-state index in [1.54, 1.807) is 0 Å². The molecule has 0 aromatic heterocycles. The third-order valence-electron chi connectivity index (χ3n) is 4.02. The average Bonchev–Trinajstić information content (AvgIpc) is 2.55. The lowest BCUT2D eigenvalue weighted by atomic mass is 9.94. The van der Waals surface area contributed by atoms with Crippen molar-refractivity contribution in [2.24, 2.45) is 0 Å². The summed E-state index contributed by atoms with van der Waals surface area (Å²) < 4.78 is 13.8. The molecule has 126 valence electrons. The third-order valence-corrected chi connectivity index (χ3v) is 4.02. The molecule has 23 heavy (non-hydrogen) atoms. The summed E-state index contributed by atoms with van der Waals surface area (Å²) in [4.78, 5) is 24.0. The number of nitrogens with zero attached hydrogens (tertiary/aromatic N) is 2. The Bertz CT molecular complexity index is 576. The van der Waals surface area contributed by atoms with Gasteiger partial charge < -0.3 is 15.3 Å². The zero-order chi connectivity index (χ0) is 16.8. The lowest BCUT2D eigenvalue weighted by Crippen LogP contribution is -2.45. The Morgan fingerprint density at radius 1 is 1.39 bits per heavy atom. The molecule has 0 saturated heterocycles. The van der Waals surface area contributed by atoms with Gasteiger partial charge in [-0.3, -0.25) is 10.1 Å². The number of hydrogen-bond acceptors (Lipinski definition) is 4. The standard InChI is InChI=1S/C15H20FN3O4/c16-13-7-6-12(19(22)23)10-14(13)17-15(21)18(8-9-20)11-4-2-1-3-5-11/h6-7,10-11,20H,1-5,8-9H2,(H,17,21). The quantitative estimate of drug-likeness (QED) is 0.642. The van der Waals surface area contributed by atoms with Crippen molar-refractivity contribution < 1.29 is 19.2 Å². The molecule has 2 N–H and O–H groups in total. The molecule has 2 rings (SSSR count). The van der Waals surface area contributed by atoms with Gasteiger partial charge in [0, 0.05) is 24.7 Å². The van der Waals surface area contributed by atoms with Crippen LogP contribution in [0.25, 0.3) is 0 Å². The highest BCUT2D eigenvalue weighted by atomic mass is 19.1. The number of non-ortho nitro benzene ring substituents is 1. The maximum Gasteiger partial charge on any atom is 0.322 e. The SMILES string of the molecule is O=C(Nc1cc([N+](=O)[O-])ccc1F)N(CCO)C1CCCCC1. The lowest BCUT2D eigenvalue weighted by Gasteiger charge is -2.34. The van der Waals surface area contributed by atoms with Crippen molar-refractivity contribution in [3.63, 3.8) is 0 Å². The number of urea groups is 1. The number of amides is 2. The van der Waals surface area contributed by atoms with Gasteiger partial charge in [-0.15, -0.1) is 0 Å². The molecule has 1 saturated carbocycles. The first-order valence-corrected chi connectivity index (χ1v) is 7.65. The van der Waals surface area contributed by atoms with Crippen LogP contribution in [0.1, 0.15) is 32.1 Å². The van der Waals surface area contributed by atoms with Crippen LogP contribution in [0, 0.1) is 15.9 Å². The van der Waals surface area contributed by atoms with Crippen LogP contribution >= 0.6 is 0 Å². The lowest BCUT2D eigenvalue weighted by molar-refractivity contribution is -0.384. The first-order valence-electron chi connectivity index (χ1n) is 7.65. The topological polar surface area (TPSA) is 95.7 Å². The van der Waals surface area contributed by atoms with Gasteiger partial charge in [-0.1, -0.05) is 19.3 Å². The van der Waals surface area contributed by atoms with Gasteiger partial charge in [0.05, 0.1) is 17.2 Å². The Balaban J connectivity index is 2.14. The summed E-state index contributed by atoms with van der Waals surface area (Å²) in [5.74, 6) is -0.739. The molecule has 2 amide bonds. The van der Waals surface area contributed by atoms with Crippen LogP contribution in [0.3, 0.4) is 0 Å². The maximum atomic E-state index is 13.8. The zero-order valence-corrected chi connectivity index (χ0v) is 12.7. The molecule has 1 fully saturated rings. The second-order valence-electron chi connectivity index (χ2n) is 5.56. The molecular weight excluding hydrogens is 305 g/mol. The molecule has 0 aliphatic heterocycles. The number of rotatable bonds is 5. The Kier molecular flexibility index (Phi) is 5.86. The van der Waals surface area contributed by atoms with Crippen molar-refractivity contribution in [2.75, 3.05) is 18.5 Å². The largest absolute Gasteiger partial charge is 0.395 e. The van der Waals surface area contributed by atoms with Crippen molar-refractivity contribution in [1.29, 1.82) is 0 Å². The number of halogens is 1. The van der Waals surface area contributed by atoms with E-state index in [1.165, 1.54) is 4.90 Å². The third kappa shape index (κ3) is 4.38. The maximum absolute atomic E-state index is 13.8. The molecule has 1 aromatic carbocycles. The number of nitrogens with one attached hydrogen (secondary N) is 1. The average molecular weight is 325 g/mol. The number of hydrogen-bond donors (Lipinski definition) is 2. The van der Waals surface area contributed by atoms with Crippen LogP contribution in [0.4, 0.5) is 20.6 Å². The number of nitro groups is 1. The zero-order valence-electron chi connectivity index (χ0n) is 12.7. The Morgan fingerprint density at radius 2 is 2.09 bits per heavy atom. The fraction of sp³-hybridized carbons (Fsp3) is 0.533. The second-order valence-corrected chi connectivity index (χ2v) is 5.56. The minimum absolute atomic E-state index is 0.00217. The molecule has 7 nitrogen and oxygen atoms in total. The van der Waals surface area contributed by atoms with Crippen molar-refractivity contribution in [3.05, 3.63) is 34.1 Å². The monoisotopic (exact) mass is 325 g/mol. The number of anilines is 1. The molecule has 0 unspecified atom stereocenters. The van der Waals surface area contributed by atoms with Crippen LogP contribution in [0.2, 0.25) is 0 Å². The molecule has 1 aliphatic carbocycles. The minimum atomic E-state index is -0.739. The van der Waals surface area contributed by atoms with E-state index < -0.39 is 16.8 Å². The van der Waals surface area contributed by atoms with Gasteiger partial charge in [-0.25, -0.2) is 9.18 Å². The van der Waals surface area contributed by atoms with Gasteiger partial charge in [0.15, 0.2) is 0 Å². The smallest absolute Gasteiger partial charge is 0.322 e. The highest BCUT2D eigenvalue weighted by Gasteiger charge is 2.26. The Hall–Kier alpha value is -2.22. The highest BCUT2D eigenvalue weighted by molar-refractivity contribution is 5.90. The van der Waals surface area contributed by atoms with Crippen LogP contribution in [0.15, 0.2) is 18.2 Å². The molecule has 8 heteroatoms. The number of nitro benzene ring substituents is 1. The number of carbonyl (C=O) groups excluding carboxylic acids is 1. The van der Waals surface area contributed by atoms with Crippen molar-refractivity contribution >= 4 is 17.4 Å². The summed E-state index contributed by atoms with van der Waals surface area (Å²) in [5.41, 5.74) is -0.531. The van der Waals surface area contributed by atoms with Gasteiger partial charge in [-0.05, 0) is 18.9 Å². The molecule has 0 radical (unpaired) electrons. The van der Waals surface area contributed by atoms with Gasteiger partial charge in [-0.2, -0.15) is 0 Å². The number of aliphatic hydroxyl groups is 1. The molecular formula is C15H20FN3O4. The molecule has 0 atom stereocenters. The van der Waals surface area contributed by atoms with E-state index in [1.807, 2.05) is 0 Å². The summed E-state index contributed by atoms with van der Waals surface area (Å²) in [5, 5.41) is 22.3. The van der Waals surface area contributed by atoms with Gasteiger partial charge in [0.1, 0.15) is 5.82 Å². The first kappa shape index (κ1) is 17.1. The molecule has 0 spiro atoms. The van der Waals surface area contributed by atoms with Crippen LogP contribution in [-0.4, -0.2) is 40.2 Å². The Labute approximate surface area is 133 Å². The normalized spacial score (nSPS) is 15.2. The summed E-state index contributed by atoms with van der Waals surface area (Å²) >= 11 is 0. The Morgan fingerprint density at radius 3 is 2.70 bits per heavy atom. The fourth-order valence-electron chi connectivity index (χ4n) is 2.86. The molecule has 1 aromatic rings. The highest BCUT2D eigenvalue weighted by Crippen LogP contribution is 2.25. The van der Waals surface area contributed by atoms with Gasteiger partial charge >= 0.3 is 6.03 Å². The second kappa shape index (κ2) is 7.87. The van der Waals surface area contributed by atoms with Crippen molar-refractivity contribution in [3.8, 4) is 0 Å². The number of aliphatic hydroxyl groups excluding tert-OH is 1. The van der Waals surface area contributed by atoms with E-state index in [-0.39, 0.29) is 30.6 Å². The summed E-state index contributed by atoms with van der Waals surface area (Å²) in [6, 6.07) is 2.43. The number of carbonyl (C=O) groups is 1. The van der Waals surface area contributed by atoms with Crippen LogP contribution < -0.4 is 5.32 Å².